The maximum atomic E-state index is 5.82. The van der Waals surface area contributed by atoms with Gasteiger partial charge in [-0.2, -0.15) is 0 Å². The molecule has 2 aromatic rings. The van der Waals surface area contributed by atoms with Gasteiger partial charge in [-0.05, 0) is 55.0 Å². The van der Waals surface area contributed by atoms with Crippen molar-refractivity contribution in [1.29, 1.82) is 0 Å². The Hall–Kier alpha value is -1.61. The summed E-state index contributed by atoms with van der Waals surface area (Å²) in [5.41, 5.74) is 0. The Morgan fingerprint density at radius 1 is 0.708 bits per heavy atom. The van der Waals surface area contributed by atoms with Crippen molar-refractivity contribution < 1.29 is 9.47 Å². The van der Waals surface area contributed by atoms with Gasteiger partial charge in [-0.3, -0.25) is 0 Å². The first-order valence-electron chi connectivity index (χ1n) is 8.86. The summed E-state index contributed by atoms with van der Waals surface area (Å²) in [5, 5.41) is 0. The maximum absolute atomic E-state index is 5.82. The quantitative estimate of drug-likeness (QED) is 0.429. The number of benzene rings is 2. The van der Waals surface area contributed by atoms with Gasteiger partial charge in [-0.15, -0.1) is 0 Å². The highest BCUT2D eigenvalue weighted by Crippen LogP contribution is 2.30. The summed E-state index contributed by atoms with van der Waals surface area (Å²) in [6.07, 6.45) is 7.76. The molecule has 2 rings (SSSR count). The normalized spacial score (nSPS) is 10.6. The molecule has 0 N–H and O–H groups in total. The molecule has 0 fully saturated rings. The van der Waals surface area contributed by atoms with Gasteiger partial charge < -0.3 is 9.47 Å². The maximum Gasteiger partial charge on any atom is 0.119 e. The predicted molar refractivity (Wildman–Crippen MR) is 102 cm³/mol. The summed E-state index contributed by atoms with van der Waals surface area (Å²) in [6, 6.07) is 16.5. The number of hydrogen-bond acceptors (Lipinski definition) is 3. The van der Waals surface area contributed by atoms with E-state index in [4.69, 9.17) is 9.47 Å². The molecule has 0 amide bonds. The van der Waals surface area contributed by atoms with Gasteiger partial charge in [0.2, 0.25) is 0 Å². The molecule has 0 aliphatic rings. The van der Waals surface area contributed by atoms with E-state index in [1.165, 1.54) is 41.9 Å². The fourth-order valence-corrected chi connectivity index (χ4v) is 3.27. The summed E-state index contributed by atoms with van der Waals surface area (Å²) >= 11 is 1.74. The van der Waals surface area contributed by atoms with E-state index in [0.717, 1.165) is 24.5 Å². The molecule has 0 aliphatic carbocycles. The van der Waals surface area contributed by atoms with Crippen molar-refractivity contribution in [2.24, 2.45) is 0 Å². The van der Waals surface area contributed by atoms with Crippen molar-refractivity contribution in [3.63, 3.8) is 0 Å². The highest BCUT2D eigenvalue weighted by molar-refractivity contribution is 7.99. The van der Waals surface area contributed by atoms with Gasteiger partial charge in [0.1, 0.15) is 11.5 Å². The van der Waals surface area contributed by atoms with Crippen LogP contribution in [0.1, 0.15) is 45.4 Å². The second kappa shape index (κ2) is 11.0. The van der Waals surface area contributed by atoms with Gasteiger partial charge in [0.15, 0.2) is 0 Å². The molecule has 0 spiro atoms. The minimum atomic E-state index is 0.817. The number of methoxy groups -OCH3 is 1. The Morgan fingerprint density at radius 2 is 1.25 bits per heavy atom. The van der Waals surface area contributed by atoms with E-state index >= 15 is 0 Å². The third kappa shape index (κ3) is 6.88. The largest absolute Gasteiger partial charge is 0.497 e. The van der Waals surface area contributed by atoms with Crippen molar-refractivity contribution >= 4 is 11.8 Å². The van der Waals surface area contributed by atoms with E-state index in [2.05, 4.69) is 43.3 Å². The predicted octanol–water partition coefficient (Wildman–Crippen LogP) is 6.59. The van der Waals surface area contributed by atoms with Gasteiger partial charge in [0.05, 0.1) is 13.7 Å². The average molecular weight is 345 g/mol. The first kappa shape index (κ1) is 18.7. The van der Waals surface area contributed by atoms with Crippen LogP contribution < -0.4 is 9.47 Å². The molecular formula is C21H28O2S. The summed E-state index contributed by atoms with van der Waals surface area (Å²) in [4.78, 5) is 2.42. The van der Waals surface area contributed by atoms with Crippen molar-refractivity contribution in [1.82, 2.24) is 0 Å². The van der Waals surface area contributed by atoms with E-state index in [1.807, 2.05) is 12.1 Å². The Morgan fingerprint density at radius 3 is 1.83 bits per heavy atom. The van der Waals surface area contributed by atoms with Crippen LogP contribution in [0.2, 0.25) is 0 Å². The van der Waals surface area contributed by atoms with Crippen LogP contribution in [0.15, 0.2) is 58.3 Å². The Labute approximate surface area is 150 Å². The van der Waals surface area contributed by atoms with Gasteiger partial charge in [0.25, 0.3) is 0 Å². The molecule has 0 aromatic heterocycles. The second-order valence-corrected chi connectivity index (χ2v) is 7.01. The fourth-order valence-electron chi connectivity index (χ4n) is 2.46. The van der Waals surface area contributed by atoms with Crippen LogP contribution >= 0.6 is 11.8 Å². The third-order valence-corrected chi connectivity index (χ3v) is 4.90. The molecule has 0 aliphatic heterocycles. The lowest BCUT2D eigenvalue weighted by Crippen LogP contribution is -1.97. The molecule has 3 heteroatoms. The fraction of sp³-hybridized carbons (Fsp3) is 0.429. The monoisotopic (exact) mass is 344 g/mol. The zero-order chi connectivity index (χ0) is 17.0. The van der Waals surface area contributed by atoms with E-state index in [9.17, 15) is 0 Å². The SMILES string of the molecule is CCCCCCCCOc1ccc(Sc2ccc(OC)cc2)cc1. The van der Waals surface area contributed by atoms with E-state index in [-0.39, 0.29) is 0 Å². The molecule has 2 aromatic carbocycles. The Bertz CT molecular complexity index is 563. The zero-order valence-electron chi connectivity index (χ0n) is 14.8. The van der Waals surface area contributed by atoms with Crippen LogP contribution in [0, 0.1) is 0 Å². The van der Waals surface area contributed by atoms with Crippen molar-refractivity contribution in [3.05, 3.63) is 48.5 Å². The summed E-state index contributed by atoms with van der Waals surface area (Å²) in [5.74, 6) is 1.85. The van der Waals surface area contributed by atoms with Gasteiger partial charge in [-0.1, -0.05) is 50.8 Å². The van der Waals surface area contributed by atoms with Crippen LogP contribution in [0.25, 0.3) is 0 Å². The summed E-state index contributed by atoms with van der Waals surface area (Å²) < 4.78 is 11.0. The van der Waals surface area contributed by atoms with Gasteiger partial charge in [0, 0.05) is 9.79 Å². The highest BCUT2D eigenvalue weighted by atomic mass is 32.2. The highest BCUT2D eigenvalue weighted by Gasteiger charge is 2.00. The average Bonchev–Trinajstić information content (AvgIpc) is 2.63. The van der Waals surface area contributed by atoms with Crippen LogP contribution in [-0.2, 0) is 0 Å². The molecule has 0 bridgehead atoms. The minimum Gasteiger partial charge on any atom is -0.497 e. The van der Waals surface area contributed by atoms with E-state index in [0.29, 0.717) is 0 Å². The Balaban J connectivity index is 1.70. The third-order valence-electron chi connectivity index (χ3n) is 3.89. The van der Waals surface area contributed by atoms with E-state index < -0.39 is 0 Å². The molecular weight excluding hydrogens is 316 g/mol. The van der Waals surface area contributed by atoms with Crippen molar-refractivity contribution in [2.45, 2.75) is 55.2 Å². The zero-order valence-corrected chi connectivity index (χ0v) is 15.6. The van der Waals surface area contributed by atoms with Crippen LogP contribution in [0.4, 0.5) is 0 Å². The number of unbranched alkanes of at least 4 members (excludes halogenated alkanes) is 5. The lowest BCUT2D eigenvalue weighted by molar-refractivity contribution is 0.304. The molecule has 0 saturated carbocycles. The first-order chi connectivity index (χ1) is 11.8. The standard InChI is InChI=1S/C21H28O2S/c1-3-4-5-6-7-8-17-23-19-11-15-21(16-12-19)24-20-13-9-18(22-2)10-14-20/h9-16H,3-8,17H2,1-2H3. The number of hydrogen-bond donors (Lipinski definition) is 0. The Kier molecular flexibility index (Phi) is 8.61. The van der Waals surface area contributed by atoms with Gasteiger partial charge >= 0.3 is 0 Å². The molecule has 0 atom stereocenters. The van der Waals surface area contributed by atoms with E-state index in [1.54, 1.807) is 18.9 Å². The van der Waals surface area contributed by atoms with Crippen LogP contribution in [-0.4, -0.2) is 13.7 Å². The second-order valence-electron chi connectivity index (χ2n) is 5.87. The van der Waals surface area contributed by atoms with Crippen molar-refractivity contribution in [2.75, 3.05) is 13.7 Å². The number of ether oxygens (including phenoxy) is 2. The minimum absolute atomic E-state index is 0.817. The molecule has 0 unspecified atom stereocenters. The lowest BCUT2D eigenvalue weighted by atomic mass is 10.1. The summed E-state index contributed by atoms with van der Waals surface area (Å²) in [7, 11) is 1.69. The molecule has 130 valence electrons. The van der Waals surface area contributed by atoms with Gasteiger partial charge in [-0.25, -0.2) is 0 Å². The van der Waals surface area contributed by atoms with Crippen molar-refractivity contribution in [3.8, 4) is 11.5 Å². The molecule has 0 saturated heterocycles. The first-order valence-corrected chi connectivity index (χ1v) is 9.68. The smallest absolute Gasteiger partial charge is 0.119 e. The lowest BCUT2D eigenvalue weighted by Gasteiger charge is -2.07. The molecule has 0 radical (unpaired) electrons. The molecule has 0 heterocycles. The summed E-state index contributed by atoms with van der Waals surface area (Å²) in [6.45, 7) is 3.07. The molecule has 24 heavy (non-hydrogen) atoms. The van der Waals surface area contributed by atoms with Crippen LogP contribution in [0.3, 0.4) is 0 Å². The topological polar surface area (TPSA) is 18.5 Å². The number of rotatable bonds is 11. The molecule has 2 nitrogen and oxygen atoms in total. The van der Waals surface area contributed by atoms with Crippen LogP contribution in [0.5, 0.6) is 11.5 Å².